The summed E-state index contributed by atoms with van der Waals surface area (Å²) in [5.41, 5.74) is 6.26. The van der Waals surface area contributed by atoms with Crippen molar-refractivity contribution in [1.29, 1.82) is 0 Å². The van der Waals surface area contributed by atoms with Crippen LogP contribution in [0.15, 0.2) is 29.6 Å². The van der Waals surface area contributed by atoms with Gasteiger partial charge >= 0.3 is 0 Å². The number of hydrogen-bond donors (Lipinski definition) is 1. The van der Waals surface area contributed by atoms with Crippen molar-refractivity contribution in [2.24, 2.45) is 0 Å². The smallest absolute Gasteiger partial charge is 0.269 e. The maximum atomic E-state index is 10.4. The largest absolute Gasteiger partial charge is 0.487 e. The van der Waals surface area contributed by atoms with E-state index in [9.17, 15) is 10.1 Å². The maximum absolute atomic E-state index is 10.4. The van der Waals surface area contributed by atoms with Crippen molar-refractivity contribution in [1.82, 2.24) is 4.98 Å². The first kappa shape index (κ1) is 11.3. The van der Waals surface area contributed by atoms with Gasteiger partial charge < -0.3 is 10.5 Å². The molecule has 17 heavy (non-hydrogen) atoms. The first-order valence-electron chi connectivity index (χ1n) is 4.72. The third-order valence-corrected chi connectivity index (χ3v) is 2.73. The van der Waals surface area contributed by atoms with Gasteiger partial charge in [-0.2, -0.15) is 0 Å². The lowest BCUT2D eigenvalue weighted by Gasteiger charge is -2.03. The van der Waals surface area contributed by atoms with Crippen LogP contribution >= 0.6 is 11.3 Å². The lowest BCUT2D eigenvalue weighted by molar-refractivity contribution is -0.384. The number of anilines is 1. The maximum Gasteiger partial charge on any atom is 0.269 e. The molecule has 6 nitrogen and oxygen atoms in total. The number of ether oxygens (including phenoxy) is 1. The molecule has 0 radical (unpaired) electrons. The van der Waals surface area contributed by atoms with Gasteiger partial charge in [0.25, 0.3) is 5.69 Å². The van der Waals surface area contributed by atoms with Gasteiger partial charge in [0.2, 0.25) is 0 Å². The second-order valence-electron chi connectivity index (χ2n) is 3.22. The highest BCUT2D eigenvalue weighted by Gasteiger charge is 2.05. The molecule has 2 aromatic rings. The fourth-order valence-corrected chi connectivity index (χ4v) is 1.76. The van der Waals surface area contributed by atoms with Crippen LogP contribution in [-0.2, 0) is 6.61 Å². The van der Waals surface area contributed by atoms with Gasteiger partial charge in [0.1, 0.15) is 12.4 Å². The minimum absolute atomic E-state index is 0.0373. The number of benzene rings is 1. The Kier molecular flexibility index (Phi) is 3.20. The number of nitrogen functional groups attached to an aromatic ring is 1. The molecule has 0 spiro atoms. The fraction of sp³-hybridized carbons (Fsp3) is 0.100. The molecule has 0 aliphatic rings. The van der Waals surface area contributed by atoms with Crippen LogP contribution in [0, 0.1) is 10.1 Å². The van der Waals surface area contributed by atoms with Crippen molar-refractivity contribution < 1.29 is 9.66 Å². The molecule has 0 amide bonds. The zero-order chi connectivity index (χ0) is 12.3. The summed E-state index contributed by atoms with van der Waals surface area (Å²) in [6.45, 7) is 0.297. The Hall–Kier alpha value is -2.15. The monoisotopic (exact) mass is 251 g/mol. The molecule has 2 rings (SSSR count). The predicted molar refractivity (Wildman–Crippen MR) is 64.0 cm³/mol. The van der Waals surface area contributed by atoms with Crippen molar-refractivity contribution in [3.05, 3.63) is 45.5 Å². The molecule has 0 atom stereocenters. The normalized spacial score (nSPS) is 10.1. The summed E-state index contributed by atoms with van der Waals surface area (Å²) in [6, 6.07) is 5.89. The first-order valence-corrected chi connectivity index (χ1v) is 5.60. The van der Waals surface area contributed by atoms with Crippen molar-refractivity contribution in [2.45, 2.75) is 6.61 Å². The molecule has 88 valence electrons. The summed E-state index contributed by atoms with van der Waals surface area (Å²) >= 11 is 1.34. The molecule has 0 fully saturated rings. The zero-order valence-electron chi connectivity index (χ0n) is 8.70. The minimum atomic E-state index is -0.453. The third kappa shape index (κ3) is 2.91. The van der Waals surface area contributed by atoms with Crippen molar-refractivity contribution in [3.63, 3.8) is 0 Å². The minimum Gasteiger partial charge on any atom is -0.487 e. The highest BCUT2D eigenvalue weighted by molar-refractivity contribution is 7.13. The van der Waals surface area contributed by atoms with Crippen LogP contribution in [0.25, 0.3) is 0 Å². The standard InChI is InChI=1S/C10H9N3O3S/c11-10-12-7(6-17-10)5-16-9-3-1-8(2-4-9)13(14)15/h1-4,6H,5H2,(H2,11,12). The van der Waals surface area contributed by atoms with Crippen LogP contribution < -0.4 is 10.5 Å². The molecule has 0 unspecified atom stereocenters. The van der Waals surface area contributed by atoms with Crippen LogP contribution in [0.1, 0.15) is 5.69 Å². The zero-order valence-corrected chi connectivity index (χ0v) is 9.52. The Morgan fingerprint density at radius 2 is 2.12 bits per heavy atom. The Bertz CT molecular complexity index is 524. The van der Waals surface area contributed by atoms with E-state index in [0.29, 0.717) is 17.5 Å². The van der Waals surface area contributed by atoms with E-state index in [1.165, 1.54) is 23.5 Å². The van der Waals surface area contributed by atoms with Gasteiger partial charge in [-0.05, 0) is 12.1 Å². The van der Waals surface area contributed by atoms with Crippen LogP contribution in [-0.4, -0.2) is 9.91 Å². The number of aromatic nitrogens is 1. The molecule has 0 saturated carbocycles. The average molecular weight is 251 g/mol. The molecule has 1 aromatic carbocycles. The van der Waals surface area contributed by atoms with Gasteiger partial charge in [0, 0.05) is 17.5 Å². The number of non-ortho nitro benzene ring substituents is 1. The van der Waals surface area contributed by atoms with Gasteiger partial charge in [-0.3, -0.25) is 10.1 Å². The molecular formula is C10H9N3O3S. The first-order chi connectivity index (χ1) is 8.15. The number of nitrogens with zero attached hydrogens (tertiary/aromatic N) is 2. The second kappa shape index (κ2) is 4.79. The van der Waals surface area contributed by atoms with E-state index in [2.05, 4.69) is 4.98 Å². The number of nitrogens with two attached hydrogens (primary N) is 1. The molecule has 0 bridgehead atoms. The highest BCUT2D eigenvalue weighted by Crippen LogP contribution is 2.19. The number of hydrogen-bond acceptors (Lipinski definition) is 6. The summed E-state index contributed by atoms with van der Waals surface area (Å²) in [4.78, 5) is 14.0. The SMILES string of the molecule is Nc1nc(COc2ccc([N+](=O)[O-])cc2)cs1. The van der Waals surface area contributed by atoms with Crippen LogP contribution in [0.3, 0.4) is 0 Å². The van der Waals surface area contributed by atoms with Crippen LogP contribution in [0.4, 0.5) is 10.8 Å². The van der Waals surface area contributed by atoms with Crippen molar-refractivity contribution >= 4 is 22.2 Å². The molecule has 1 heterocycles. The van der Waals surface area contributed by atoms with Gasteiger partial charge in [-0.25, -0.2) is 4.98 Å². The van der Waals surface area contributed by atoms with Crippen molar-refractivity contribution in [2.75, 3.05) is 5.73 Å². The lowest BCUT2D eigenvalue weighted by Crippen LogP contribution is -1.96. The Morgan fingerprint density at radius 1 is 1.41 bits per heavy atom. The molecular weight excluding hydrogens is 242 g/mol. The average Bonchev–Trinajstić information content (AvgIpc) is 2.73. The van der Waals surface area contributed by atoms with Gasteiger partial charge in [-0.15, -0.1) is 11.3 Å². The van der Waals surface area contributed by atoms with Gasteiger partial charge in [0.15, 0.2) is 5.13 Å². The van der Waals surface area contributed by atoms with E-state index in [4.69, 9.17) is 10.5 Å². The molecule has 7 heteroatoms. The Morgan fingerprint density at radius 3 is 2.65 bits per heavy atom. The summed E-state index contributed by atoms with van der Waals surface area (Å²) in [6.07, 6.45) is 0. The van der Waals surface area contributed by atoms with Crippen LogP contribution in [0.2, 0.25) is 0 Å². The highest BCUT2D eigenvalue weighted by atomic mass is 32.1. The van der Waals surface area contributed by atoms with E-state index < -0.39 is 4.92 Å². The number of rotatable bonds is 4. The Labute approximate surface area is 101 Å². The third-order valence-electron chi connectivity index (χ3n) is 2.00. The van der Waals surface area contributed by atoms with E-state index >= 15 is 0 Å². The topological polar surface area (TPSA) is 91.3 Å². The predicted octanol–water partition coefficient (Wildman–Crippen LogP) is 2.21. The number of nitro groups is 1. The van der Waals surface area contributed by atoms with Crippen LogP contribution in [0.5, 0.6) is 5.75 Å². The van der Waals surface area contributed by atoms with E-state index in [1.807, 2.05) is 0 Å². The molecule has 1 aromatic heterocycles. The molecule has 0 aliphatic heterocycles. The van der Waals surface area contributed by atoms with E-state index in [1.54, 1.807) is 17.5 Å². The molecule has 2 N–H and O–H groups in total. The fourth-order valence-electron chi connectivity index (χ4n) is 1.21. The second-order valence-corrected chi connectivity index (χ2v) is 4.11. The molecule has 0 aliphatic carbocycles. The van der Waals surface area contributed by atoms with Crippen molar-refractivity contribution in [3.8, 4) is 5.75 Å². The summed E-state index contributed by atoms with van der Waals surface area (Å²) in [5, 5.41) is 12.7. The molecule has 0 saturated heterocycles. The number of thiazole rings is 1. The van der Waals surface area contributed by atoms with E-state index in [0.717, 1.165) is 5.69 Å². The lowest BCUT2D eigenvalue weighted by atomic mass is 10.3. The summed E-state index contributed by atoms with van der Waals surface area (Å²) in [5.74, 6) is 0.558. The summed E-state index contributed by atoms with van der Waals surface area (Å²) in [7, 11) is 0. The van der Waals surface area contributed by atoms with E-state index in [-0.39, 0.29) is 5.69 Å². The quantitative estimate of drug-likeness (QED) is 0.664. The van der Waals surface area contributed by atoms with Gasteiger partial charge in [0.05, 0.1) is 10.6 Å². The Balaban J connectivity index is 1.97. The van der Waals surface area contributed by atoms with Gasteiger partial charge in [-0.1, -0.05) is 0 Å². The number of nitro benzene ring substituents is 1. The summed E-state index contributed by atoms with van der Waals surface area (Å²) < 4.78 is 5.41.